The van der Waals surface area contributed by atoms with Gasteiger partial charge in [0.05, 0.1) is 12.0 Å². The highest BCUT2D eigenvalue weighted by atomic mass is 16.8. The summed E-state index contributed by atoms with van der Waals surface area (Å²) in [6.07, 6.45) is 7.81. The van der Waals surface area contributed by atoms with E-state index in [2.05, 4.69) is 24.2 Å². The minimum atomic E-state index is -0.428. The summed E-state index contributed by atoms with van der Waals surface area (Å²) in [5.74, 6) is 0.370. The van der Waals surface area contributed by atoms with Crippen molar-refractivity contribution in [1.29, 1.82) is 0 Å². The van der Waals surface area contributed by atoms with Gasteiger partial charge in [0.2, 0.25) is 0 Å². The summed E-state index contributed by atoms with van der Waals surface area (Å²) in [7, 11) is 0. The molecule has 3 heterocycles. The Kier molecular flexibility index (Phi) is 6.74. The van der Waals surface area contributed by atoms with E-state index in [9.17, 15) is 9.59 Å². The molecule has 3 aliphatic heterocycles. The third-order valence-corrected chi connectivity index (χ3v) is 6.27. The van der Waals surface area contributed by atoms with Gasteiger partial charge < -0.3 is 9.47 Å². The van der Waals surface area contributed by atoms with E-state index in [1.165, 1.54) is 6.08 Å². The molecule has 1 spiro atoms. The lowest BCUT2D eigenvalue weighted by Gasteiger charge is -2.46. The summed E-state index contributed by atoms with van der Waals surface area (Å²) in [4.78, 5) is 32.7. The summed E-state index contributed by atoms with van der Waals surface area (Å²) in [5.41, 5.74) is 3.32. The number of amides is 1. The maximum atomic E-state index is 13.0. The van der Waals surface area contributed by atoms with Gasteiger partial charge in [-0.1, -0.05) is 6.07 Å². The van der Waals surface area contributed by atoms with Crippen molar-refractivity contribution in [3.05, 3.63) is 35.4 Å². The van der Waals surface area contributed by atoms with Gasteiger partial charge in [0.1, 0.15) is 11.4 Å². The first kappa shape index (κ1) is 22.0. The molecule has 1 aromatic carbocycles. The maximum Gasteiger partial charge on any atom is 0.267 e. The van der Waals surface area contributed by atoms with Gasteiger partial charge in [-0.2, -0.15) is 0 Å². The quantitative estimate of drug-likeness (QED) is 0.572. The Morgan fingerprint density at radius 2 is 2.19 bits per heavy atom. The van der Waals surface area contributed by atoms with Crippen LogP contribution in [0.3, 0.4) is 0 Å². The van der Waals surface area contributed by atoms with Crippen LogP contribution in [0, 0.1) is 0 Å². The number of nitrogens with zero attached hydrogens (tertiary/aromatic N) is 1. The van der Waals surface area contributed by atoms with Gasteiger partial charge in [0.15, 0.2) is 12.1 Å². The van der Waals surface area contributed by atoms with Gasteiger partial charge in [-0.15, -0.1) is 0 Å². The molecule has 7 nitrogen and oxygen atoms in total. The van der Waals surface area contributed by atoms with Crippen LogP contribution in [0.1, 0.15) is 68.3 Å². The van der Waals surface area contributed by atoms with Crippen LogP contribution in [-0.2, 0) is 14.4 Å². The lowest BCUT2D eigenvalue weighted by Crippen LogP contribution is -2.56. The van der Waals surface area contributed by atoms with Gasteiger partial charge in [0.25, 0.3) is 5.91 Å². The number of carbonyl (C=O) groups excluding carboxylic acids is 2. The third-order valence-electron chi connectivity index (χ3n) is 6.27. The Hall–Kier alpha value is -2.22. The van der Waals surface area contributed by atoms with E-state index < -0.39 is 5.60 Å². The van der Waals surface area contributed by atoms with Crippen molar-refractivity contribution in [2.45, 2.75) is 70.3 Å². The smallest absolute Gasteiger partial charge is 0.267 e. The van der Waals surface area contributed by atoms with Gasteiger partial charge in [-0.25, -0.2) is 10.3 Å². The highest BCUT2D eigenvalue weighted by Gasteiger charge is 2.44. The summed E-state index contributed by atoms with van der Waals surface area (Å²) < 4.78 is 11.8. The molecular formula is C24H32N2O5. The highest BCUT2D eigenvalue weighted by Crippen LogP contribution is 2.39. The fourth-order valence-electron chi connectivity index (χ4n) is 4.55. The number of fused-ring (bicyclic) bond motifs is 1. The molecular weight excluding hydrogens is 396 g/mol. The van der Waals surface area contributed by atoms with Crippen LogP contribution in [0.15, 0.2) is 24.3 Å². The molecule has 4 rings (SSSR count). The summed E-state index contributed by atoms with van der Waals surface area (Å²) >= 11 is 0. The van der Waals surface area contributed by atoms with E-state index >= 15 is 0 Å². The Morgan fingerprint density at radius 3 is 2.97 bits per heavy atom. The monoisotopic (exact) mass is 428 g/mol. The lowest BCUT2D eigenvalue weighted by molar-refractivity contribution is -0.198. The van der Waals surface area contributed by atoms with Crippen LogP contribution in [-0.4, -0.2) is 54.2 Å². The second kappa shape index (κ2) is 9.51. The number of benzene rings is 1. The van der Waals surface area contributed by atoms with E-state index in [1.54, 1.807) is 12.1 Å². The molecule has 0 saturated carbocycles. The largest absolute Gasteiger partial charge is 0.485 e. The second-order valence-electron chi connectivity index (χ2n) is 9.02. The number of ketones is 1. The number of likely N-dealkylation sites (tertiary alicyclic amines) is 1. The number of hydrogen-bond acceptors (Lipinski definition) is 6. The number of piperidine rings is 1. The van der Waals surface area contributed by atoms with Crippen molar-refractivity contribution < 1.29 is 23.9 Å². The number of ether oxygens (including phenoxy) is 2. The zero-order chi connectivity index (χ0) is 21.8. The molecule has 2 fully saturated rings. The fraction of sp³-hybridized carbons (Fsp3) is 0.583. The molecule has 2 atom stereocenters. The first-order chi connectivity index (χ1) is 14.9. The van der Waals surface area contributed by atoms with E-state index in [4.69, 9.17) is 14.3 Å². The van der Waals surface area contributed by atoms with Crippen molar-refractivity contribution in [3.8, 4) is 5.75 Å². The predicted octanol–water partition coefficient (Wildman–Crippen LogP) is 3.48. The van der Waals surface area contributed by atoms with Crippen LogP contribution < -0.4 is 10.2 Å². The molecule has 1 aromatic rings. The topological polar surface area (TPSA) is 77.1 Å². The molecule has 2 unspecified atom stereocenters. The second-order valence-corrected chi connectivity index (χ2v) is 9.02. The molecule has 1 N–H and O–H groups in total. The third kappa shape index (κ3) is 5.34. The van der Waals surface area contributed by atoms with Crippen LogP contribution in [0.5, 0.6) is 5.75 Å². The van der Waals surface area contributed by atoms with E-state index in [0.717, 1.165) is 50.8 Å². The predicted molar refractivity (Wildman–Crippen MR) is 117 cm³/mol. The molecule has 0 radical (unpaired) electrons. The van der Waals surface area contributed by atoms with Gasteiger partial charge in [-0.05, 0) is 69.8 Å². The highest BCUT2D eigenvalue weighted by molar-refractivity contribution is 6.01. The zero-order valence-electron chi connectivity index (χ0n) is 18.4. The summed E-state index contributed by atoms with van der Waals surface area (Å²) in [6.45, 7) is 6.84. The molecule has 0 bridgehead atoms. The average Bonchev–Trinajstić information content (AvgIpc) is 2.77. The Labute approximate surface area is 183 Å². The molecule has 7 heteroatoms. The average molecular weight is 429 g/mol. The lowest BCUT2D eigenvalue weighted by atomic mass is 9.83. The number of nitrogens with one attached hydrogen (secondary N) is 1. The van der Waals surface area contributed by atoms with Crippen molar-refractivity contribution in [2.24, 2.45) is 0 Å². The number of Topliss-reactive ketones (excluding diaryl/α,β-unsaturated/α-hetero) is 1. The van der Waals surface area contributed by atoms with E-state index in [-0.39, 0.29) is 18.0 Å². The first-order valence-corrected chi connectivity index (χ1v) is 11.3. The van der Waals surface area contributed by atoms with Crippen LogP contribution in [0.4, 0.5) is 0 Å². The molecule has 0 aliphatic carbocycles. The van der Waals surface area contributed by atoms with Gasteiger partial charge >= 0.3 is 0 Å². The molecule has 168 valence electrons. The minimum absolute atomic E-state index is 0.101. The Morgan fingerprint density at radius 1 is 1.32 bits per heavy atom. The number of carbonyl (C=O) groups is 2. The SMILES string of the molecule is CC(C)N1CCCC2(CC(=O)c3cc(C=CC(=O)NOC4CCCCO4)ccc3O2)C1. The van der Waals surface area contributed by atoms with Gasteiger partial charge in [-0.3, -0.25) is 14.5 Å². The Balaban J connectivity index is 1.38. The molecule has 0 aromatic heterocycles. The minimum Gasteiger partial charge on any atom is -0.485 e. The normalized spacial score (nSPS) is 26.8. The summed E-state index contributed by atoms with van der Waals surface area (Å²) in [6, 6.07) is 5.93. The van der Waals surface area contributed by atoms with Gasteiger partial charge in [0, 0.05) is 31.7 Å². The summed E-state index contributed by atoms with van der Waals surface area (Å²) in [5, 5.41) is 0. The fourth-order valence-corrected chi connectivity index (χ4v) is 4.55. The van der Waals surface area contributed by atoms with Crippen LogP contribution in [0.25, 0.3) is 6.08 Å². The number of hydroxylamine groups is 1. The van der Waals surface area contributed by atoms with Crippen molar-refractivity contribution >= 4 is 17.8 Å². The van der Waals surface area contributed by atoms with Crippen molar-refractivity contribution in [3.63, 3.8) is 0 Å². The molecule has 2 saturated heterocycles. The molecule has 3 aliphatic rings. The standard InChI is InChI=1S/C24H32N2O5/c1-17(2)26-12-5-11-24(16-26)15-20(27)19-14-18(7-9-21(19)30-24)8-10-22(28)25-31-23-6-3-4-13-29-23/h7-10,14,17,23H,3-6,11-13,15-16H2,1-2H3,(H,25,28). The number of hydrogen-bond donors (Lipinski definition) is 1. The zero-order valence-corrected chi connectivity index (χ0v) is 18.4. The molecule has 1 amide bonds. The van der Waals surface area contributed by atoms with Crippen LogP contribution in [0.2, 0.25) is 0 Å². The number of rotatable bonds is 5. The van der Waals surface area contributed by atoms with Crippen LogP contribution >= 0.6 is 0 Å². The van der Waals surface area contributed by atoms with Crippen molar-refractivity contribution in [2.75, 3.05) is 19.7 Å². The van der Waals surface area contributed by atoms with E-state index in [1.807, 2.05) is 12.1 Å². The molecule has 31 heavy (non-hydrogen) atoms. The Bertz CT molecular complexity index is 846. The van der Waals surface area contributed by atoms with E-state index in [0.29, 0.717) is 30.4 Å². The first-order valence-electron chi connectivity index (χ1n) is 11.3. The van der Waals surface area contributed by atoms with Crippen molar-refractivity contribution in [1.82, 2.24) is 10.4 Å². The maximum absolute atomic E-state index is 13.0.